The van der Waals surface area contributed by atoms with Gasteiger partial charge in [0.25, 0.3) is 0 Å². The number of allylic oxidation sites excluding steroid dienone is 14. The lowest BCUT2D eigenvalue weighted by Gasteiger charge is -2.20. The van der Waals surface area contributed by atoms with Gasteiger partial charge in [0.1, 0.15) is 0 Å². The number of aliphatic hydroxyl groups excluding tert-OH is 1. The predicted octanol–water partition coefficient (Wildman–Crippen LogP) is 12.8. The molecule has 0 aromatic heterocycles. The number of hydrogen-bond acceptors (Lipinski definition) is 3. The predicted molar refractivity (Wildman–Crippen MR) is 211 cm³/mol. The highest BCUT2D eigenvalue weighted by molar-refractivity contribution is 7.92. The van der Waals surface area contributed by atoms with E-state index >= 15 is 0 Å². The summed E-state index contributed by atoms with van der Waals surface area (Å²) in [6.45, 7) is 23.0. The molecule has 4 heteroatoms. The number of aliphatic hydroxyl groups is 1. The van der Waals surface area contributed by atoms with Gasteiger partial charge in [0.2, 0.25) is 0 Å². The van der Waals surface area contributed by atoms with Gasteiger partial charge in [0.05, 0.1) is 17.1 Å². The summed E-state index contributed by atoms with van der Waals surface area (Å²) in [4.78, 5) is 0. The summed E-state index contributed by atoms with van der Waals surface area (Å²) in [7, 11) is -3.26. The summed E-state index contributed by atoms with van der Waals surface area (Å²) in [6.07, 6.45) is 31.0. The van der Waals surface area contributed by atoms with Crippen molar-refractivity contribution in [3.05, 3.63) is 93.2 Å². The zero-order valence-corrected chi connectivity index (χ0v) is 33.2. The lowest BCUT2D eigenvalue weighted by molar-refractivity contribution is 0.341. The highest BCUT2D eigenvalue weighted by atomic mass is 32.2. The van der Waals surface area contributed by atoms with Gasteiger partial charge in [-0.2, -0.15) is 0 Å². The van der Waals surface area contributed by atoms with E-state index in [1.54, 1.807) is 13.8 Å². The molecular formula is C43H72O3S. The van der Waals surface area contributed by atoms with Crippen LogP contribution in [0.3, 0.4) is 0 Å². The Morgan fingerprint density at radius 2 is 0.809 bits per heavy atom. The van der Waals surface area contributed by atoms with Gasteiger partial charge in [0.15, 0.2) is 9.84 Å². The summed E-state index contributed by atoms with van der Waals surface area (Å²) < 4.78 is 26.4. The second-order valence-corrected chi connectivity index (χ2v) is 17.0. The van der Waals surface area contributed by atoms with Crippen LogP contribution in [0.4, 0.5) is 0 Å². The molecule has 1 N–H and O–H groups in total. The van der Waals surface area contributed by atoms with Crippen LogP contribution in [0, 0.1) is 0 Å². The number of hydrogen-bond donors (Lipinski definition) is 1. The van der Waals surface area contributed by atoms with Crippen LogP contribution in [0.2, 0.25) is 0 Å². The molecule has 0 saturated heterocycles. The molecule has 268 valence electrons. The van der Waals surface area contributed by atoms with E-state index in [2.05, 4.69) is 91.0 Å². The molecule has 0 fully saturated rings. The molecule has 0 aliphatic carbocycles. The molecule has 0 aromatic carbocycles. The summed E-state index contributed by atoms with van der Waals surface area (Å²) in [5, 5.41) is 8.18. The summed E-state index contributed by atoms with van der Waals surface area (Å²) in [6, 6.07) is 0. The summed E-state index contributed by atoms with van der Waals surface area (Å²) in [5.41, 5.74) is 10.6. The molecular weight excluding hydrogens is 597 g/mol. The van der Waals surface area contributed by atoms with Gasteiger partial charge in [-0.1, -0.05) is 93.2 Å². The standard InChI is InChI=1S/C43H72O3S/c1-34(2)18-12-19-36(5)20-13-21-37(6)22-14-23-38(7)24-15-25-39(8)26-16-27-40(9)30-31-43(47(45,46)35(3)4)42(11)29-17-28-41(10)32-33-44/h18,20,22,24,26,29-30,32,35,43-44H,12-17,19,21,23,25,27-28,31,33H2,1-11H3/b36-20?,37-22?,38-24?,39-26?,40-30?,41-32+,42-29?. The lowest BCUT2D eigenvalue weighted by atomic mass is 10.0. The van der Waals surface area contributed by atoms with Crippen LogP contribution in [-0.4, -0.2) is 30.6 Å². The highest BCUT2D eigenvalue weighted by Gasteiger charge is 2.29. The SMILES string of the molecule is CC(C)=CCCC(C)=CCCC(C)=CCCC(C)=CCCC(C)=CCCC(C)=CCC(C(C)=CCC/C(C)=C/CO)S(=O)(=O)C(C)C. The van der Waals surface area contributed by atoms with E-state index < -0.39 is 20.3 Å². The normalized spacial score (nSPS) is 15.5. The van der Waals surface area contributed by atoms with Crippen LogP contribution < -0.4 is 0 Å². The molecule has 47 heavy (non-hydrogen) atoms. The van der Waals surface area contributed by atoms with Gasteiger partial charge in [-0.3, -0.25) is 0 Å². The minimum absolute atomic E-state index is 0.0445. The molecule has 1 unspecified atom stereocenters. The fraction of sp³-hybridized carbons (Fsp3) is 0.628. The molecule has 0 aliphatic heterocycles. The van der Waals surface area contributed by atoms with Crippen LogP contribution in [0.15, 0.2) is 93.2 Å². The van der Waals surface area contributed by atoms with Crippen molar-refractivity contribution >= 4 is 9.84 Å². The molecule has 0 amide bonds. The first-order valence-corrected chi connectivity index (χ1v) is 19.8. The molecule has 0 bridgehead atoms. The second kappa shape index (κ2) is 25.8. The lowest BCUT2D eigenvalue weighted by Crippen LogP contribution is -2.29. The smallest absolute Gasteiger partial charge is 0.159 e. The van der Waals surface area contributed by atoms with Crippen molar-refractivity contribution in [2.45, 2.75) is 170 Å². The third-order valence-electron chi connectivity index (χ3n) is 8.90. The fourth-order valence-electron chi connectivity index (χ4n) is 5.42. The van der Waals surface area contributed by atoms with E-state index in [4.69, 9.17) is 5.11 Å². The maximum atomic E-state index is 13.2. The molecule has 0 aromatic rings. The third-order valence-corrected chi connectivity index (χ3v) is 11.6. The van der Waals surface area contributed by atoms with Crippen molar-refractivity contribution in [1.82, 2.24) is 0 Å². The molecule has 1 atom stereocenters. The minimum Gasteiger partial charge on any atom is -0.392 e. The topological polar surface area (TPSA) is 54.4 Å². The Kier molecular flexibility index (Phi) is 24.6. The van der Waals surface area contributed by atoms with E-state index in [9.17, 15) is 8.42 Å². The number of sulfone groups is 1. The zero-order chi connectivity index (χ0) is 35.8. The highest BCUT2D eigenvalue weighted by Crippen LogP contribution is 2.24. The van der Waals surface area contributed by atoms with E-state index in [1.807, 2.05) is 19.9 Å². The van der Waals surface area contributed by atoms with Gasteiger partial charge in [-0.05, 0) is 160 Å². The Labute approximate surface area is 292 Å². The van der Waals surface area contributed by atoms with E-state index in [1.165, 1.54) is 39.9 Å². The van der Waals surface area contributed by atoms with Gasteiger partial charge < -0.3 is 5.11 Å². The minimum atomic E-state index is -3.26. The Morgan fingerprint density at radius 1 is 0.489 bits per heavy atom. The molecule has 0 spiro atoms. The van der Waals surface area contributed by atoms with Crippen LogP contribution in [-0.2, 0) is 9.84 Å². The Morgan fingerprint density at radius 3 is 1.15 bits per heavy atom. The van der Waals surface area contributed by atoms with Crippen molar-refractivity contribution in [2.24, 2.45) is 0 Å². The van der Waals surface area contributed by atoms with E-state index in [0.29, 0.717) is 6.42 Å². The number of rotatable bonds is 24. The Bertz CT molecular complexity index is 1260. The van der Waals surface area contributed by atoms with Crippen molar-refractivity contribution in [3.8, 4) is 0 Å². The van der Waals surface area contributed by atoms with Crippen LogP contribution in [0.1, 0.15) is 160 Å². The quantitative estimate of drug-likeness (QED) is 0.104. The maximum absolute atomic E-state index is 13.2. The van der Waals surface area contributed by atoms with Crippen molar-refractivity contribution in [3.63, 3.8) is 0 Å². The maximum Gasteiger partial charge on any atom is 0.159 e. The first-order valence-electron chi connectivity index (χ1n) is 18.2. The molecule has 0 radical (unpaired) electrons. The second-order valence-electron chi connectivity index (χ2n) is 14.3. The van der Waals surface area contributed by atoms with Gasteiger partial charge in [-0.15, -0.1) is 0 Å². The molecule has 0 rings (SSSR count). The Balaban J connectivity index is 4.76. The monoisotopic (exact) mass is 669 g/mol. The zero-order valence-electron chi connectivity index (χ0n) is 32.3. The van der Waals surface area contributed by atoms with Gasteiger partial charge in [-0.25, -0.2) is 8.42 Å². The van der Waals surface area contributed by atoms with Crippen LogP contribution >= 0.6 is 0 Å². The largest absolute Gasteiger partial charge is 0.392 e. The average molecular weight is 669 g/mol. The molecule has 0 aliphatic rings. The first-order chi connectivity index (χ1) is 22.1. The molecule has 0 heterocycles. The van der Waals surface area contributed by atoms with Crippen molar-refractivity contribution < 1.29 is 13.5 Å². The summed E-state index contributed by atoms with van der Waals surface area (Å²) in [5.74, 6) is 0. The first kappa shape index (κ1) is 44.8. The van der Waals surface area contributed by atoms with E-state index in [0.717, 1.165) is 81.8 Å². The van der Waals surface area contributed by atoms with Crippen molar-refractivity contribution in [2.75, 3.05) is 6.61 Å². The Hall–Kier alpha value is -2.17. The third kappa shape index (κ3) is 22.9. The van der Waals surface area contributed by atoms with Crippen molar-refractivity contribution in [1.29, 1.82) is 0 Å². The molecule has 0 saturated carbocycles. The fourth-order valence-corrected chi connectivity index (χ4v) is 7.05. The van der Waals surface area contributed by atoms with E-state index in [-0.39, 0.29) is 6.61 Å². The van der Waals surface area contributed by atoms with Crippen LogP contribution in [0.5, 0.6) is 0 Å². The molecule has 3 nitrogen and oxygen atoms in total. The van der Waals surface area contributed by atoms with Gasteiger partial charge >= 0.3 is 0 Å². The van der Waals surface area contributed by atoms with Crippen LogP contribution in [0.25, 0.3) is 0 Å². The average Bonchev–Trinajstić information content (AvgIpc) is 2.97. The summed E-state index contributed by atoms with van der Waals surface area (Å²) >= 11 is 0. The van der Waals surface area contributed by atoms with Gasteiger partial charge in [0, 0.05) is 0 Å².